The Morgan fingerprint density at radius 2 is 1.41 bits per heavy atom. The number of piperidine rings is 1. The molecule has 4 heteroatoms. The van der Waals surface area contributed by atoms with E-state index < -0.39 is 0 Å². The van der Waals surface area contributed by atoms with Crippen molar-refractivity contribution < 1.29 is 0 Å². The van der Waals surface area contributed by atoms with Crippen LogP contribution in [0, 0.1) is 5.92 Å². The third-order valence-electron chi connectivity index (χ3n) is 4.36. The van der Waals surface area contributed by atoms with Crippen molar-refractivity contribution in [3.05, 3.63) is 0 Å². The summed E-state index contributed by atoms with van der Waals surface area (Å²) < 4.78 is 0. The van der Waals surface area contributed by atoms with E-state index in [0.29, 0.717) is 6.04 Å². The largest absolute Gasteiger partial charge is 0.306 e. The first kappa shape index (κ1) is 13.3. The molecule has 0 spiro atoms. The van der Waals surface area contributed by atoms with E-state index in [4.69, 9.17) is 0 Å². The molecule has 2 rings (SSSR count). The minimum absolute atomic E-state index is 0.632. The van der Waals surface area contributed by atoms with Crippen molar-refractivity contribution in [3.8, 4) is 0 Å². The summed E-state index contributed by atoms with van der Waals surface area (Å²) in [6.45, 7) is 9.58. The fraction of sp³-hybridized carbons (Fsp3) is 1.00. The summed E-state index contributed by atoms with van der Waals surface area (Å²) in [6.07, 6.45) is 2.69. The van der Waals surface area contributed by atoms with Crippen molar-refractivity contribution in [2.24, 2.45) is 5.92 Å². The van der Waals surface area contributed by atoms with E-state index in [2.05, 4.69) is 41.3 Å². The van der Waals surface area contributed by atoms with Gasteiger partial charge in [-0.25, -0.2) is 5.01 Å². The molecule has 17 heavy (non-hydrogen) atoms. The quantitative estimate of drug-likeness (QED) is 0.774. The van der Waals surface area contributed by atoms with E-state index in [9.17, 15) is 0 Å². The predicted octanol–water partition coefficient (Wildman–Crippen LogP) is 0.469. The second-order valence-electron chi connectivity index (χ2n) is 5.85. The predicted molar refractivity (Wildman–Crippen MR) is 71.9 cm³/mol. The molecule has 0 saturated carbocycles. The van der Waals surface area contributed by atoms with Crippen LogP contribution in [0.5, 0.6) is 0 Å². The molecule has 1 N–H and O–H groups in total. The van der Waals surface area contributed by atoms with Crippen molar-refractivity contribution >= 4 is 0 Å². The number of nitrogens with one attached hydrogen (secondary N) is 1. The van der Waals surface area contributed by atoms with E-state index in [-0.39, 0.29) is 0 Å². The van der Waals surface area contributed by atoms with Crippen molar-refractivity contribution in [2.45, 2.75) is 25.8 Å². The van der Waals surface area contributed by atoms with E-state index in [1.807, 2.05) is 0 Å². The summed E-state index contributed by atoms with van der Waals surface area (Å²) in [5, 5.41) is 2.42. The average Bonchev–Trinajstić information content (AvgIpc) is 2.33. The molecule has 2 fully saturated rings. The van der Waals surface area contributed by atoms with Crippen LogP contribution in [0.4, 0.5) is 0 Å². The molecule has 0 aromatic carbocycles. The van der Waals surface area contributed by atoms with Gasteiger partial charge in [-0.15, -0.1) is 0 Å². The van der Waals surface area contributed by atoms with Gasteiger partial charge in [0.2, 0.25) is 0 Å². The van der Waals surface area contributed by atoms with Crippen LogP contribution >= 0.6 is 0 Å². The summed E-state index contributed by atoms with van der Waals surface area (Å²) in [5.74, 6) is 0.853. The molecular formula is C13H28N4. The molecule has 1 unspecified atom stereocenters. The molecule has 2 aliphatic rings. The molecule has 1 atom stereocenters. The van der Waals surface area contributed by atoms with Gasteiger partial charge < -0.3 is 9.80 Å². The van der Waals surface area contributed by atoms with Crippen molar-refractivity contribution in [3.63, 3.8) is 0 Å². The van der Waals surface area contributed by atoms with E-state index in [1.165, 1.54) is 39.0 Å². The molecule has 0 aromatic rings. The van der Waals surface area contributed by atoms with Gasteiger partial charge in [0.05, 0.1) is 0 Å². The zero-order chi connectivity index (χ0) is 12.3. The van der Waals surface area contributed by atoms with Crippen LogP contribution in [0.3, 0.4) is 0 Å². The fourth-order valence-corrected chi connectivity index (χ4v) is 2.86. The molecule has 2 aliphatic heterocycles. The lowest BCUT2D eigenvalue weighted by Gasteiger charge is -2.38. The lowest BCUT2D eigenvalue weighted by molar-refractivity contribution is 0.0657. The fourth-order valence-electron chi connectivity index (χ4n) is 2.86. The van der Waals surface area contributed by atoms with Crippen LogP contribution in [-0.2, 0) is 0 Å². The van der Waals surface area contributed by atoms with Gasteiger partial charge in [0.1, 0.15) is 0 Å². The highest BCUT2D eigenvalue weighted by Crippen LogP contribution is 2.19. The molecular weight excluding hydrogens is 212 g/mol. The first-order chi connectivity index (χ1) is 8.15. The van der Waals surface area contributed by atoms with Gasteiger partial charge in [0.15, 0.2) is 0 Å². The van der Waals surface area contributed by atoms with Crippen molar-refractivity contribution in [2.75, 3.05) is 53.4 Å². The number of hydrazine groups is 1. The minimum atomic E-state index is 0.632. The molecule has 0 aromatic heterocycles. The van der Waals surface area contributed by atoms with Gasteiger partial charge in [-0.1, -0.05) is 0 Å². The van der Waals surface area contributed by atoms with E-state index in [1.54, 1.807) is 0 Å². The third-order valence-corrected chi connectivity index (χ3v) is 4.36. The minimum Gasteiger partial charge on any atom is -0.306 e. The lowest BCUT2D eigenvalue weighted by Crippen LogP contribution is -2.55. The molecule has 2 saturated heterocycles. The maximum atomic E-state index is 3.71. The summed E-state index contributed by atoms with van der Waals surface area (Å²) >= 11 is 0. The topological polar surface area (TPSA) is 21.8 Å². The highest BCUT2D eigenvalue weighted by atomic mass is 15.5. The number of likely N-dealkylation sites (tertiary alicyclic amines) is 1. The second-order valence-corrected chi connectivity index (χ2v) is 5.85. The molecule has 0 radical (unpaired) electrons. The molecule has 100 valence electrons. The standard InChI is InChI=1S/C13H28N4/c1-12(13-4-6-15(2)7-5-13)14-17-10-8-16(3)9-11-17/h12-14H,4-11H2,1-3H3. The van der Waals surface area contributed by atoms with Gasteiger partial charge >= 0.3 is 0 Å². The Hall–Kier alpha value is -0.160. The van der Waals surface area contributed by atoms with Crippen LogP contribution in [-0.4, -0.2) is 74.2 Å². The average molecular weight is 240 g/mol. The summed E-state index contributed by atoms with van der Waals surface area (Å²) in [6, 6.07) is 0.632. The van der Waals surface area contributed by atoms with Gasteiger partial charge in [-0.3, -0.25) is 5.43 Å². The maximum absolute atomic E-state index is 3.71. The number of hydrogen-bond donors (Lipinski definition) is 1. The van der Waals surface area contributed by atoms with Gasteiger partial charge in [0, 0.05) is 32.2 Å². The molecule has 2 heterocycles. The monoisotopic (exact) mass is 240 g/mol. The van der Waals surface area contributed by atoms with Crippen LogP contribution < -0.4 is 5.43 Å². The molecule has 0 aliphatic carbocycles. The first-order valence-corrected chi connectivity index (χ1v) is 7.03. The van der Waals surface area contributed by atoms with Crippen LogP contribution in [0.15, 0.2) is 0 Å². The van der Waals surface area contributed by atoms with Crippen LogP contribution in [0.2, 0.25) is 0 Å². The Morgan fingerprint density at radius 1 is 0.882 bits per heavy atom. The zero-order valence-corrected chi connectivity index (χ0v) is 11.7. The van der Waals surface area contributed by atoms with Gasteiger partial charge in [-0.05, 0) is 52.9 Å². The van der Waals surface area contributed by atoms with Gasteiger partial charge in [-0.2, -0.15) is 0 Å². The third kappa shape index (κ3) is 3.91. The Morgan fingerprint density at radius 3 is 2.00 bits per heavy atom. The highest BCUT2D eigenvalue weighted by molar-refractivity contribution is 4.79. The normalized spacial score (nSPS) is 28.4. The van der Waals surface area contributed by atoms with Crippen molar-refractivity contribution in [1.29, 1.82) is 0 Å². The number of hydrogen-bond acceptors (Lipinski definition) is 4. The highest BCUT2D eigenvalue weighted by Gasteiger charge is 2.24. The lowest BCUT2D eigenvalue weighted by atomic mass is 9.91. The number of piperazine rings is 1. The number of likely N-dealkylation sites (N-methyl/N-ethyl adjacent to an activating group) is 1. The number of rotatable bonds is 3. The van der Waals surface area contributed by atoms with Crippen molar-refractivity contribution in [1.82, 2.24) is 20.2 Å². The summed E-state index contributed by atoms with van der Waals surface area (Å²) in [7, 11) is 4.44. The summed E-state index contributed by atoms with van der Waals surface area (Å²) in [5.41, 5.74) is 3.71. The van der Waals surface area contributed by atoms with Crippen LogP contribution in [0.1, 0.15) is 19.8 Å². The number of nitrogens with zero attached hydrogens (tertiary/aromatic N) is 3. The van der Waals surface area contributed by atoms with E-state index in [0.717, 1.165) is 19.0 Å². The van der Waals surface area contributed by atoms with Gasteiger partial charge in [0.25, 0.3) is 0 Å². The Balaban J connectivity index is 1.71. The molecule has 4 nitrogen and oxygen atoms in total. The SMILES string of the molecule is CC(NN1CCN(C)CC1)C1CCN(C)CC1. The zero-order valence-electron chi connectivity index (χ0n) is 11.7. The second kappa shape index (κ2) is 6.14. The van der Waals surface area contributed by atoms with Crippen LogP contribution in [0.25, 0.3) is 0 Å². The first-order valence-electron chi connectivity index (χ1n) is 7.03. The summed E-state index contributed by atoms with van der Waals surface area (Å²) in [4.78, 5) is 4.84. The molecule has 0 bridgehead atoms. The maximum Gasteiger partial charge on any atom is 0.0259 e. The Bertz CT molecular complexity index is 217. The smallest absolute Gasteiger partial charge is 0.0259 e. The Labute approximate surface area is 106 Å². The Kier molecular flexibility index (Phi) is 4.79. The molecule has 0 amide bonds. The van der Waals surface area contributed by atoms with E-state index >= 15 is 0 Å².